The van der Waals surface area contributed by atoms with Crippen LogP contribution in [0.3, 0.4) is 0 Å². The SMILES string of the molecule is CCCCN(CC)Cc1ccc([N+](=O)[O-])cc1. The van der Waals surface area contributed by atoms with Crippen molar-refractivity contribution in [3.63, 3.8) is 0 Å². The lowest BCUT2D eigenvalue weighted by atomic mass is 10.2. The van der Waals surface area contributed by atoms with Crippen LogP contribution >= 0.6 is 0 Å². The Balaban J connectivity index is 2.57. The smallest absolute Gasteiger partial charge is 0.269 e. The van der Waals surface area contributed by atoms with Gasteiger partial charge in [0.15, 0.2) is 0 Å². The Morgan fingerprint density at radius 2 is 1.88 bits per heavy atom. The van der Waals surface area contributed by atoms with Gasteiger partial charge in [0.1, 0.15) is 0 Å². The first-order valence-electron chi connectivity index (χ1n) is 6.13. The number of non-ortho nitro benzene ring substituents is 1. The summed E-state index contributed by atoms with van der Waals surface area (Å²) in [6.07, 6.45) is 2.39. The van der Waals surface area contributed by atoms with Crippen molar-refractivity contribution in [2.45, 2.75) is 33.2 Å². The highest BCUT2D eigenvalue weighted by atomic mass is 16.6. The molecule has 0 fully saturated rings. The zero-order valence-electron chi connectivity index (χ0n) is 10.6. The molecule has 0 unspecified atom stereocenters. The third-order valence-electron chi connectivity index (χ3n) is 2.83. The normalized spacial score (nSPS) is 10.8. The van der Waals surface area contributed by atoms with E-state index in [4.69, 9.17) is 0 Å². The lowest BCUT2D eigenvalue weighted by Gasteiger charge is -2.19. The topological polar surface area (TPSA) is 46.4 Å². The molecule has 0 saturated heterocycles. The van der Waals surface area contributed by atoms with Crippen LogP contribution in [0.1, 0.15) is 32.3 Å². The van der Waals surface area contributed by atoms with E-state index in [1.54, 1.807) is 12.1 Å². The molecule has 0 aliphatic carbocycles. The van der Waals surface area contributed by atoms with Crippen LogP contribution in [0.5, 0.6) is 0 Å². The summed E-state index contributed by atoms with van der Waals surface area (Å²) >= 11 is 0. The fraction of sp³-hybridized carbons (Fsp3) is 0.538. The molecule has 0 bridgehead atoms. The standard InChI is InChI=1S/C13H20N2O2/c1-3-5-10-14(4-2)11-12-6-8-13(9-7-12)15(16)17/h6-9H,3-5,10-11H2,1-2H3. The summed E-state index contributed by atoms with van der Waals surface area (Å²) in [7, 11) is 0. The minimum Gasteiger partial charge on any atom is -0.299 e. The molecular weight excluding hydrogens is 216 g/mol. The van der Waals surface area contributed by atoms with Crippen molar-refractivity contribution in [3.8, 4) is 0 Å². The minimum atomic E-state index is -0.363. The molecule has 0 saturated carbocycles. The van der Waals surface area contributed by atoms with Crippen LogP contribution in [0.15, 0.2) is 24.3 Å². The zero-order valence-corrected chi connectivity index (χ0v) is 10.6. The molecule has 0 heterocycles. The van der Waals surface area contributed by atoms with Crippen molar-refractivity contribution in [1.29, 1.82) is 0 Å². The Hall–Kier alpha value is -1.42. The Morgan fingerprint density at radius 1 is 1.24 bits per heavy atom. The van der Waals surface area contributed by atoms with E-state index in [0.717, 1.165) is 25.2 Å². The van der Waals surface area contributed by atoms with Crippen molar-refractivity contribution in [2.24, 2.45) is 0 Å². The van der Waals surface area contributed by atoms with Gasteiger partial charge >= 0.3 is 0 Å². The van der Waals surface area contributed by atoms with E-state index in [-0.39, 0.29) is 10.6 Å². The highest BCUT2D eigenvalue weighted by molar-refractivity contribution is 5.32. The molecule has 0 atom stereocenters. The van der Waals surface area contributed by atoms with Gasteiger partial charge in [0.25, 0.3) is 5.69 Å². The van der Waals surface area contributed by atoms with Crippen LogP contribution in [-0.4, -0.2) is 22.9 Å². The van der Waals surface area contributed by atoms with E-state index in [0.29, 0.717) is 0 Å². The highest BCUT2D eigenvalue weighted by Crippen LogP contribution is 2.13. The zero-order chi connectivity index (χ0) is 12.7. The molecule has 0 radical (unpaired) electrons. The Labute approximate surface area is 102 Å². The fourth-order valence-electron chi connectivity index (χ4n) is 1.71. The maximum atomic E-state index is 10.5. The van der Waals surface area contributed by atoms with Gasteiger partial charge in [0, 0.05) is 18.7 Å². The molecule has 1 rings (SSSR count). The molecule has 4 heteroatoms. The maximum absolute atomic E-state index is 10.5. The van der Waals surface area contributed by atoms with Gasteiger partial charge in [-0.05, 0) is 25.1 Å². The lowest BCUT2D eigenvalue weighted by Crippen LogP contribution is -2.23. The van der Waals surface area contributed by atoms with Crippen molar-refractivity contribution in [2.75, 3.05) is 13.1 Å². The second-order valence-corrected chi connectivity index (χ2v) is 4.15. The molecule has 0 aromatic heterocycles. The molecular formula is C13H20N2O2. The second-order valence-electron chi connectivity index (χ2n) is 4.15. The van der Waals surface area contributed by atoms with Gasteiger partial charge < -0.3 is 0 Å². The van der Waals surface area contributed by atoms with E-state index >= 15 is 0 Å². The predicted molar refractivity (Wildman–Crippen MR) is 69.0 cm³/mol. The number of hydrogen-bond acceptors (Lipinski definition) is 3. The number of hydrogen-bond donors (Lipinski definition) is 0. The number of unbranched alkanes of at least 4 members (excludes halogenated alkanes) is 1. The predicted octanol–water partition coefficient (Wildman–Crippen LogP) is 3.22. The third-order valence-corrected chi connectivity index (χ3v) is 2.83. The van der Waals surface area contributed by atoms with Crippen molar-refractivity contribution in [1.82, 2.24) is 4.90 Å². The van der Waals surface area contributed by atoms with Gasteiger partial charge in [0.2, 0.25) is 0 Å². The van der Waals surface area contributed by atoms with Gasteiger partial charge in [-0.3, -0.25) is 15.0 Å². The second kappa shape index (κ2) is 7.01. The van der Waals surface area contributed by atoms with Crippen LogP contribution in [0.25, 0.3) is 0 Å². The Kier molecular flexibility index (Phi) is 5.63. The van der Waals surface area contributed by atoms with E-state index in [9.17, 15) is 10.1 Å². The number of rotatable bonds is 7. The minimum absolute atomic E-state index is 0.158. The van der Waals surface area contributed by atoms with Crippen molar-refractivity contribution in [3.05, 3.63) is 39.9 Å². The number of nitrogens with zero attached hydrogens (tertiary/aromatic N) is 2. The monoisotopic (exact) mass is 236 g/mol. The molecule has 1 aromatic carbocycles. The Morgan fingerprint density at radius 3 is 2.35 bits per heavy atom. The van der Waals surface area contributed by atoms with Crippen molar-refractivity contribution >= 4 is 5.69 Å². The summed E-state index contributed by atoms with van der Waals surface area (Å²) < 4.78 is 0. The molecule has 94 valence electrons. The van der Waals surface area contributed by atoms with Gasteiger partial charge in [-0.15, -0.1) is 0 Å². The van der Waals surface area contributed by atoms with Crippen LogP contribution < -0.4 is 0 Å². The van der Waals surface area contributed by atoms with Gasteiger partial charge in [-0.1, -0.05) is 32.4 Å². The summed E-state index contributed by atoms with van der Waals surface area (Å²) in [5.41, 5.74) is 1.29. The first-order chi connectivity index (χ1) is 8.17. The van der Waals surface area contributed by atoms with Crippen LogP contribution in [0, 0.1) is 10.1 Å². The van der Waals surface area contributed by atoms with E-state index in [1.165, 1.54) is 12.8 Å². The fourth-order valence-corrected chi connectivity index (χ4v) is 1.71. The molecule has 1 aromatic rings. The summed E-state index contributed by atoms with van der Waals surface area (Å²) in [6, 6.07) is 6.82. The van der Waals surface area contributed by atoms with Gasteiger partial charge in [-0.2, -0.15) is 0 Å². The summed E-state index contributed by atoms with van der Waals surface area (Å²) in [6.45, 7) is 7.29. The van der Waals surface area contributed by atoms with Gasteiger partial charge in [0.05, 0.1) is 4.92 Å². The molecule has 0 N–H and O–H groups in total. The molecule has 0 aliphatic rings. The molecule has 4 nitrogen and oxygen atoms in total. The van der Waals surface area contributed by atoms with Crippen LogP contribution in [-0.2, 0) is 6.54 Å². The summed E-state index contributed by atoms with van der Waals surface area (Å²) in [4.78, 5) is 12.5. The average molecular weight is 236 g/mol. The number of benzene rings is 1. The lowest BCUT2D eigenvalue weighted by molar-refractivity contribution is -0.384. The van der Waals surface area contributed by atoms with Crippen LogP contribution in [0.4, 0.5) is 5.69 Å². The quantitative estimate of drug-likeness (QED) is 0.539. The molecule has 0 amide bonds. The molecule has 0 spiro atoms. The molecule has 17 heavy (non-hydrogen) atoms. The van der Waals surface area contributed by atoms with E-state index < -0.39 is 0 Å². The average Bonchev–Trinajstić information content (AvgIpc) is 2.35. The largest absolute Gasteiger partial charge is 0.299 e. The van der Waals surface area contributed by atoms with E-state index in [2.05, 4.69) is 18.7 Å². The first-order valence-corrected chi connectivity index (χ1v) is 6.13. The van der Waals surface area contributed by atoms with E-state index in [1.807, 2.05) is 12.1 Å². The Bertz CT molecular complexity index is 349. The summed E-state index contributed by atoms with van der Waals surface area (Å²) in [5, 5.41) is 10.5. The first kappa shape index (κ1) is 13.6. The summed E-state index contributed by atoms with van der Waals surface area (Å²) in [5.74, 6) is 0. The maximum Gasteiger partial charge on any atom is 0.269 e. The van der Waals surface area contributed by atoms with Gasteiger partial charge in [-0.25, -0.2) is 0 Å². The number of nitro benzene ring substituents is 1. The molecule has 0 aliphatic heterocycles. The third kappa shape index (κ3) is 4.53. The van der Waals surface area contributed by atoms with Crippen molar-refractivity contribution < 1.29 is 4.92 Å². The highest BCUT2D eigenvalue weighted by Gasteiger charge is 2.06. The van der Waals surface area contributed by atoms with Crippen LogP contribution in [0.2, 0.25) is 0 Å². The number of nitro groups is 1.